The van der Waals surface area contributed by atoms with Crippen molar-refractivity contribution in [2.24, 2.45) is 4.99 Å². The quantitative estimate of drug-likeness (QED) is 0.838. The summed E-state index contributed by atoms with van der Waals surface area (Å²) < 4.78 is 0. The fourth-order valence-electron chi connectivity index (χ4n) is 1.26. The molecule has 1 saturated heterocycles. The van der Waals surface area contributed by atoms with Gasteiger partial charge < -0.3 is 5.32 Å². The Labute approximate surface area is 92.8 Å². The van der Waals surface area contributed by atoms with E-state index in [1.54, 1.807) is 11.3 Å². The molecule has 1 aliphatic rings. The number of nitrogens with zero attached hydrogens (tertiary/aromatic N) is 1. The summed E-state index contributed by atoms with van der Waals surface area (Å²) in [6, 6.07) is 4.74. The summed E-state index contributed by atoms with van der Waals surface area (Å²) in [5.74, 6) is 0. The van der Waals surface area contributed by atoms with Crippen LogP contribution in [0.2, 0.25) is 0 Å². The molecule has 2 heterocycles. The molecule has 2 atom stereocenters. The molecule has 0 saturated carbocycles. The predicted molar refractivity (Wildman–Crippen MR) is 65.1 cm³/mol. The second kappa shape index (κ2) is 4.36. The van der Waals surface area contributed by atoms with Gasteiger partial charge in [-0.25, -0.2) is 0 Å². The molecule has 14 heavy (non-hydrogen) atoms. The molecule has 0 spiro atoms. The molecule has 0 amide bonds. The first-order chi connectivity index (χ1) is 6.75. The number of hydrogen-bond acceptors (Lipinski definition) is 3. The average Bonchev–Trinajstić information content (AvgIpc) is 2.74. The highest BCUT2D eigenvalue weighted by atomic mass is 32.2. The molecular weight excluding hydrogens is 212 g/mol. The molecule has 76 valence electrons. The van der Waals surface area contributed by atoms with Crippen molar-refractivity contribution in [3.63, 3.8) is 0 Å². The van der Waals surface area contributed by atoms with Gasteiger partial charge in [0.15, 0.2) is 5.17 Å². The molecule has 0 bridgehead atoms. The van der Waals surface area contributed by atoms with E-state index in [9.17, 15) is 0 Å². The molecule has 1 fully saturated rings. The van der Waals surface area contributed by atoms with Crippen LogP contribution in [-0.2, 0) is 6.54 Å². The summed E-state index contributed by atoms with van der Waals surface area (Å²) >= 11 is 3.60. The summed E-state index contributed by atoms with van der Waals surface area (Å²) in [5.41, 5.74) is 0. The Hall–Kier alpha value is -0.480. The van der Waals surface area contributed by atoms with Crippen LogP contribution in [0.5, 0.6) is 0 Å². The minimum absolute atomic E-state index is 0.544. The van der Waals surface area contributed by atoms with Gasteiger partial charge in [-0.1, -0.05) is 24.8 Å². The van der Waals surface area contributed by atoms with Crippen LogP contribution < -0.4 is 5.32 Å². The van der Waals surface area contributed by atoms with Crippen molar-refractivity contribution in [2.45, 2.75) is 31.7 Å². The second-order valence-corrected chi connectivity index (χ2v) is 5.85. The fraction of sp³-hybridized carbons (Fsp3) is 0.500. The zero-order valence-corrected chi connectivity index (χ0v) is 9.99. The van der Waals surface area contributed by atoms with E-state index < -0.39 is 0 Å². The fourth-order valence-corrected chi connectivity index (χ4v) is 2.90. The van der Waals surface area contributed by atoms with Gasteiger partial charge in [0.1, 0.15) is 0 Å². The maximum atomic E-state index is 4.55. The van der Waals surface area contributed by atoms with E-state index in [0.717, 1.165) is 11.7 Å². The molecular formula is C10H14N2S2. The number of thiophene rings is 1. The Morgan fingerprint density at radius 3 is 2.93 bits per heavy atom. The maximum Gasteiger partial charge on any atom is 0.157 e. The van der Waals surface area contributed by atoms with E-state index in [1.807, 2.05) is 11.8 Å². The van der Waals surface area contributed by atoms with E-state index in [-0.39, 0.29) is 0 Å². The van der Waals surface area contributed by atoms with Gasteiger partial charge in [-0.05, 0) is 18.4 Å². The van der Waals surface area contributed by atoms with Gasteiger partial charge in [0, 0.05) is 16.2 Å². The van der Waals surface area contributed by atoms with Crippen LogP contribution in [0.25, 0.3) is 0 Å². The molecule has 1 aromatic rings. The molecule has 1 N–H and O–H groups in total. The molecule has 4 heteroatoms. The van der Waals surface area contributed by atoms with Gasteiger partial charge in [-0.2, -0.15) is 0 Å². The van der Waals surface area contributed by atoms with Crippen LogP contribution in [0.4, 0.5) is 0 Å². The number of rotatable bonds is 2. The zero-order chi connectivity index (χ0) is 9.97. The van der Waals surface area contributed by atoms with Crippen LogP contribution in [0, 0.1) is 0 Å². The summed E-state index contributed by atoms with van der Waals surface area (Å²) in [6.45, 7) is 5.24. The third kappa shape index (κ3) is 2.30. The first-order valence-corrected chi connectivity index (χ1v) is 6.51. The minimum atomic E-state index is 0.544. The molecule has 0 aliphatic carbocycles. The van der Waals surface area contributed by atoms with Crippen molar-refractivity contribution in [3.05, 3.63) is 22.4 Å². The number of aliphatic imine (C=N–C) groups is 1. The highest BCUT2D eigenvalue weighted by Crippen LogP contribution is 2.23. The first kappa shape index (κ1) is 10.1. The number of hydrogen-bond donors (Lipinski definition) is 1. The second-order valence-electron chi connectivity index (χ2n) is 3.46. The average molecular weight is 226 g/mol. The Balaban J connectivity index is 1.93. The highest BCUT2D eigenvalue weighted by Gasteiger charge is 2.23. The third-order valence-corrected chi connectivity index (χ3v) is 4.42. The van der Waals surface area contributed by atoms with Crippen molar-refractivity contribution in [1.29, 1.82) is 0 Å². The van der Waals surface area contributed by atoms with Crippen molar-refractivity contribution in [1.82, 2.24) is 5.32 Å². The SMILES string of the molecule is CC1NC(=NCc2cccs2)SC1C. The monoisotopic (exact) mass is 226 g/mol. The van der Waals surface area contributed by atoms with Gasteiger partial charge in [-0.3, -0.25) is 4.99 Å². The molecule has 2 unspecified atom stereocenters. The zero-order valence-electron chi connectivity index (χ0n) is 8.36. The smallest absolute Gasteiger partial charge is 0.157 e. The maximum absolute atomic E-state index is 4.55. The van der Waals surface area contributed by atoms with Crippen LogP contribution in [0.15, 0.2) is 22.5 Å². The third-order valence-electron chi connectivity index (χ3n) is 2.31. The van der Waals surface area contributed by atoms with Crippen LogP contribution in [0.3, 0.4) is 0 Å². The lowest BCUT2D eigenvalue weighted by molar-refractivity contribution is 0.678. The first-order valence-electron chi connectivity index (χ1n) is 4.76. The Morgan fingerprint density at radius 1 is 1.50 bits per heavy atom. The predicted octanol–water partition coefficient (Wildman–Crippen LogP) is 2.72. The molecule has 2 rings (SSSR count). The Kier molecular flexibility index (Phi) is 3.13. The Morgan fingerprint density at radius 2 is 2.36 bits per heavy atom. The minimum Gasteiger partial charge on any atom is -0.361 e. The lowest BCUT2D eigenvalue weighted by Gasteiger charge is -2.04. The van der Waals surface area contributed by atoms with Gasteiger partial charge in [0.05, 0.1) is 6.54 Å². The van der Waals surface area contributed by atoms with Gasteiger partial charge >= 0.3 is 0 Å². The Bertz CT molecular complexity index is 307. The topological polar surface area (TPSA) is 24.4 Å². The van der Waals surface area contributed by atoms with Gasteiger partial charge in [0.2, 0.25) is 0 Å². The van der Waals surface area contributed by atoms with E-state index in [2.05, 4.69) is 41.7 Å². The van der Waals surface area contributed by atoms with Crippen LogP contribution in [-0.4, -0.2) is 16.5 Å². The van der Waals surface area contributed by atoms with Crippen LogP contribution >= 0.6 is 23.1 Å². The molecule has 1 aliphatic heterocycles. The van der Waals surface area contributed by atoms with E-state index in [1.165, 1.54) is 4.88 Å². The van der Waals surface area contributed by atoms with Crippen LogP contribution in [0.1, 0.15) is 18.7 Å². The van der Waals surface area contributed by atoms with Gasteiger partial charge in [0.25, 0.3) is 0 Å². The van der Waals surface area contributed by atoms with Crippen molar-refractivity contribution in [2.75, 3.05) is 0 Å². The molecule has 1 aromatic heterocycles. The van der Waals surface area contributed by atoms with E-state index >= 15 is 0 Å². The van der Waals surface area contributed by atoms with Crippen molar-refractivity contribution in [3.8, 4) is 0 Å². The highest BCUT2D eigenvalue weighted by molar-refractivity contribution is 8.14. The largest absolute Gasteiger partial charge is 0.361 e. The van der Waals surface area contributed by atoms with E-state index in [4.69, 9.17) is 0 Å². The summed E-state index contributed by atoms with van der Waals surface area (Å²) in [6.07, 6.45) is 0. The number of amidine groups is 1. The van der Waals surface area contributed by atoms with Gasteiger partial charge in [-0.15, -0.1) is 11.3 Å². The molecule has 2 nitrogen and oxygen atoms in total. The lowest BCUT2D eigenvalue weighted by Crippen LogP contribution is -2.26. The summed E-state index contributed by atoms with van der Waals surface area (Å²) in [7, 11) is 0. The number of thioether (sulfide) groups is 1. The molecule has 0 radical (unpaired) electrons. The van der Waals surface area contributed by atoms with E-state index in [0.29, 0.717) is 11.3 Å². The standard InChI is InChI=1S/C10H14N2S2/c1-7-8(2)14-10(12-7)11-6-9-4-3-5-13-9/h3-5,7-8H,6H2,1-2H3,(H,11,12). The van der Waals surface area contributed by atoms with Crippen molar-refractivity contribution < 1.29 is 0 Å². The summed E-state index contributed by atoms with van der Waals surface area (Å²) in [5, 5.41) is 7.21. The lowest BCUT2D eigenvalue weighted by atomic mass is 10.3. The summed E-state index contributed by atoms with van der Waals surface area (Å²) in [4.78, 5) is 5.87. The van der Waals surface area contributed by atoms with Crippen molar-refractivity contribution >= 4 is 28.3 Å². The normalized spacial score (nSPS) is 29.4. The number of nitrogens with one attached hydrogen (secondary N) is 1. The molecule has 0 aromatic carbocycles.